The molecule has 0 radical (unpaired) electrons. The molecule has 3 unspecified atom stereocenters. The van der Waals surface area contributed by atoms with Crippen molar-refractivity contribution in [1.29, 1.82) is 0 Å². The molecule has 3 atom stereocenters. The van der Waals surface area contributed by atoms with Gasteiger partial charge in [-0.2, -0.15) is 0 Å². The summed E-state index contributed by atoms with van der Waals surface area (Å²) in [5.74, 6) is -1.47. The van der Waals surface area contributed by atoms with E-state index < -0.39 is 57.8 Å². The molecule has 12 heteroatoms. The molecule has 0 aromatic carbocycles. The second-order valence-electron chi connectivity index (χ2n) is 20.9. The van der Waals surface area contributed by atoms with Crippen molar-refractivity contribution >= 4 is 25.7 Å². The van der Waals surface area contributed by atoms with E-state index in [9.17, 15) is 28.9 Å². The Balaban J connectivity index is 4.71. The SMILES string of the molecule is CCCCCCCC/C=C\CCCCCCCCCC(=O)OC(COC(=O)CCCCCCC/C=C\CCCCCCCC)COP(=O)(O)OCC(CO)OC(=O)CCCCCCC/C=C\CCCCCCCC. The minimum atomic E-state index is -4.75. The molecule has 0 amide bonds. The van der Waals surface area contributed by atoms with Crippen molar-refractivity contribution in [3.8, 4) is 0 Å². The summed E-state index contributed by atoms with van der Waals surface area (Å²) < 4.78 is 39.6. The average Bonchev–Trinajstić information content (AvgIpc) is 3.39. The first-order valence-electron chi connectivity index (χ1n) is 30.9. The Labute approximate surface area is 454 Å². The zero-order valence-electron chi connectivity index (χ0n) is 48.1. The van der Waals surface area contributed by atoms with E-state index in [4.69, 9.17) is 23.3 Å². The van der Waals surface area contributed by atoms with Crippen LogP contribution in [0, 0.1) is 0 Å². The number of esters is 3. The highest BCUT2D eigenvalue weighted by Crippen LogP contribution is 2.43. The number of phosphoric acid groups is 1. The molecule has 0 aliphatic rings. The summed E-state index contributed by atoms with van der Waals surface area (Å²) in [5, 5.41) is 9.83. The van der Waals surface area contributed by atoms with E-state index in [-0.39, 0.29) is 25.9 Å². The van der Waals surface area contributed by atoms with Crippen LogP contribution >= 0.6 is 7.82 Å². The van der Waals surface area contributed by atoms with E-state index in [2.05, 4.69) is 57.2 Å². The van der Waals surface area contributed by atoms with Gasteiger partial charge >= 0.3 is 25.7 Å². The summed E-state index contributed by atoms with van der Waals surface area (Å²) >= 11 is 0. The maximum absolute atomic E-state index is 12.9. The van der Waals surface area contributed by atoms with Crippen LogP contribution in [0.25, 0.3) is 0 Å². The Bertz CT molecular complexity index is 1380. The predicted molar refractivity (Wildman–Crippen MR) is 307 cm³/mol. The number of carbonyl (C=O) groups is 3. The largest absolute Gasteiger partial charge is 0.472 e. The van der Waals surface area contributed by atoms with Gasteiger partial charge < -0.3 is 24.2 Å². The van der Waals surface area contributed by atoms with E-state index in [1.54, 1.807) is 0 Å². The number of rotatable bonds is 58. The molecular weight excluding hydrogens is 952 g/mol. The van der Waals surface area contributed by atoms with Crippen LogP contribution < -0.4 is 0 Å². The first-order chi connectivity index (χ1) is 36.2. The lowest BCUT2D eigenvalue weighted by atomic mass is 10.1. The van der Waals surface area contributed by atoms with Gasteiger partial charge in [0.05, 0.1) is 19.8 Å². The first-order valence-corrected chi connectivity index (χ1v) is 32.4. The molecule has 0 rings (SSSR count). The second-order valence-corrected chi connectivity index (χ2v) is 22.3. The Kier molecular flexibility index (Phi) is 55.1. The van der Waals surface area contributed by atoms with Gasteiger partial charge in [-0.25, -0.2) is 4.57 Å². The Morgan fingerprint density at radius 1 is 0.365 bits per heavy atom. The number of aliphatic hydroxyl groups excluding tert-OH is 1. The van der Waals surface area contributed by atoms with Gasteiger partial charge in [-0.3, -0.25) is 23.4 Å². The molecule has 0 spiro atoms. The number of hydrogen-bond donors (Lipinski definition) is 2. The lowest BCUT2D eigenvalue weighted by Gasteiger charge is -2.21. The van der Waals surface area contributed by atoms with Crippen molar-refractivity contribution < 1.29 is 52.2 Å². The van der Waals surface area contributed by atoms with Gasteiger partial charge in [0.1, 0.15) is 12.7 Å². The van der Waals surface area contributed by atoms with Gasteiger partial charge in [-0.15, -0.1) is 0 Å². The van der Waals surface area contributed by atoms with Crippen LogP contribution in [0.3, 0.4) is 0 Å². The first kappa shape index (κ1) is 71.7. The summed E-state index contributed by atoms with van der Waals surface area (Å²) in [5.41, 5.74) is 0. The molecule has 0 saturated heterocycles. The molecule has 74 heavy (non-hydrogen) atoms. The molecule has 0 aromatic heterocycles. The predicted octanol–water partition coefficient (Wildman–Crippen LogP) is 18.4. The van der Waals surface area contributed by atoms with Crippen molar-refractivity contribution in [3.63, 3.8) is 0 Å². The molecule has 434 valence electrons. The standard InChI is InChI=1S/C62H115O11P/c1-4-7-10-13-16-19-22-25-28-29-32-35-38-41-44-47-50-53-62(66)73-59(55-69-60(64)51-48-45-42-39-36-33-30-26-23-20-17-14-11-8-5-2)57-71-74(67,68)70-56-58(54-63)72-61(65)52-49-46-43-40-37-34-31-27-24-21-18-15-12-9-6-3/h25-28,30-31,58-59,63H,4-24,29,32-57H2,1-3H3,(H,67,68)/b28-25-,30-26-,31-27-. The van der Waals surface area contributed by atoms with Crippen molar-refractivity contribution in [1.82, 2.24) is 0 Å². The Morgan fingerprint density at radius 2 is 0.622 bits per heavy atom. The van der Waals surface area contributed by atoms with Crippen LogP contribution in [0.1, 0.15) is 303 Å². The van der Waals surface area contributed by atoms with Gasteiger partial charge in [0.25, 0.3) is 0 Å². The summed E-state index contributed by atoms with van der Waals surface area (Å²) in [6, 6.07) is 0. The number of hydrogen-bond acceptors (Lipinski definition) is 10. The molecule has 0 aliphatic carbocycles. The summed E-state index contributed by atoms with van der Waals surface area (Å²) in [6.45, 7) is 4.66. The van der Waals surface area contributed by atoms with Crippen LogP contribution in [-0.2, 0) is 42.2 Å². The second kappa shape index (κ2) is 56.9. The minimum absolute atomic E-state index is 0.163. The number of allylic oxidation sites excluding steroid dienone is 6. The maximum atomic E-state index is 12.9. The molecule has 0 bridgehead atoms. The van der Waals surface area contributed by atoms with Crippen LogP contribution in [-0.4, -0.2) is 66.5 Å². The molecule has 0 fully saturated rings. The zero-order chi connectivity index (χ0) is 54.1. The highest BCUT2D eigenvalue weighted by molar-refractivity contribution is 7.47. The van der Waals surface area contributed by atoms with Crippen LogP contribution in [0.2, 0.25) is 0 Å². The summed E-state index contributed by atoms with van der Waals surface area (Å²) in [6.07, 6.45) is 59.5. The van der Waals surface area contributed by atoms with Crippen molar-refractivity contribution in [3.05, 3.63) is 36.5 Å². The van der Waals surface area contributed by atoms with E-state index in [0.29, 0.717) is 19.3 Å². The van der Waals surface area contributed by atoms with E-state index in [0.717, 1.165) is 103 Å². The Morgan fingerprint density at radius 3 is 0.932 bits per heavy atom. The third-order valence-electron chi connectivity index (χ3n) is 13.5. The number of phosphoric ester groups is 1. The zero-order valence-corrected chi connectivity index (χ0v) is 49.0. The van der Waals surface area contributed by atoms with Crippen LogP contribution in [0.5, 0.6) is 0 Å². The normalized spacial score (nSPS) is 13.5. The lowest BCUT2D eigenvalue weighted by Crippen LogP contribution is -2.30. The van der Waals surface area contributed by atoms with Gasteiger partial charge in [0.15, 0.2) is 6.10 Å². The van der Waals surface area contributed by atoms with Crippen molar-refractivity contribution in [2.24, 2.45) is 0 Å². The number of carbonyl (C=O) groups excluding carboxylic acids is 3. The minimum Gasteiger partial charge on any atom is -0.462 e. The van der Waals surface area contributed by atoms with E-state index >= 15 is 0 Å². The lowest BCUT2D eigenvalue weighted by molar-refractivity contribution is -0.161. The number of aliphatic hydroxyl groups is 1. The van der Waals surface area contributed by atoms with Gasteiger partial charge in [0, 0.05) is 19.3 Å². The molecule has 2 N–H and O–H groups in total. The monoisotopic (exact) mass is 1070 g/mol. The summed E-state index contributed by atoms with van der Waals surface area (Å²) in [4.78, 5) is 48.6. The molecule has 0 aromatic rings. The quantitative estimate of drug-likeness (QED) is 0.0197. The third kappa shape index (κ3) is 54.5. The average molecular weight is 1070 g/mol. The van der Waals surface area contributed by atoms with E-state index in [1.807, 2.05) is 0 Å². The molecule has 0 heterocycles. The van der Waals surface area contributed by atoms with Crippen molar-refractivity contribution in [2.45, 2.75) is 315 Å². The number of unbranched alkanes of at least 4 members (excludes halogenated alkanes) is 35. The molecule has 0 aliphatic heterocycles. The fourth-order valence-electron chi connectivity index (χ4n) is 8.75. The Hall–Kier alpha value is -2.30. The third-order valence-corrected chi connectivity index (χ3v) is 14.5. The number of ether oxygens (including phenoxy) is 3. The van der Waals surface area contributed by atoms with Gasteiger partial charge in [0.2, 0.25) is 0 Å². The van der Waals surface area contributed by atoms with Crippen molar-refractivity contribution in [2.75, 3.05) is 26.4 Å². The van der Waals surface area contributed by atoms with E-state index in [1.165, 1.54) is 141 Å². The van der Waals surface area contributed by atoms with Crippen LogP contribution in [0.4, 0.5) is 0 Å². The van der Waals surface area contributed by atoms with Gasteiger partial charge in [-0.1, -0.05) is 224 Å². The maximum Gasteiger partial charge on any atom is 0.472 e. The van der Waals surface area contributed by atoms with Crippen LogP contribution in [0.15, 0.2) is 36.5 Å². The van der Waals surface area contributed by atoms with Gasteiger partial charge in [-0.05, 0) is 96.3 Å². The molecular formula is C62H115O11P. The smallest absolute Gasteiger partial charge is 0.462 e. The fraction of sp³-hybridized carbons (Fsp3) is 0.855. The fourth-order valence-corrected chi connectivity index (χ4v) is 9.54. The molecule has 11 nitrogen and oxygen atoms in total. The topological polar surface area (TPSA) is 155 Å². The molecule has 0 saturated carbocycles. The highest BCUT2D eigenvalue weighted by Gasteiger charge is 2.28. The summed E-state index contributed by atoms with van der Waals surface area (Å²) in [7, 11) is -4.75. The highest BCUT2D eigenvalue weighted by atomic mass is 31.2.